The van der Waals surface area contributed by atoms with Crippen LogP contribution in [0.5, 0.6) is 0 Å². The third-order valence-electron chi connectivity index (χ3n) is 5.50. The van der Waals surface area contributed by atoms with Gasteiger partial charge in [0.1, 0.15) is 0 Å². The van der Waals surface area contributed by atoms with Crippen LogP contribution >= 0.6 is 0 Å². The number of aromatic amines is 1. The molecule has 1 aliphatic rings. The van der Waals surface area contributed by atoms with Gasteiger partial charge in [-0.1, -0.05) is 6.07 Å². The number of carbonyl (C=O) groups excluding carboxylic acids is 1. The van der Waals surface area contributed by atoms with E-state index in [0.29, 0.717) is 11.3 Å². The second kappa shape index (κ2) is 6.82. The van der Waals surface area contributed by atoms with Crippen LogP contribution in [-0.2, 0) is 12.8 Å². The van der Waals surface area contributed by atoms with Crippen molar-refractivity contribution in [3.05, 3.63) is 74.7 Å². The quantitative estimate of drug-likeness (QED) is 0.753. The molecule has 1 aliphatic carbocycles. The average molecular weight is 383 g/mol. The van der Waals surface area contributed by atoms with Gasteiger partial charge in [0, 0.05) is 18.0 Å². The Bertz CT molecular complexity index is 1160. The summed E-state index contributed by atoms with van der Waals surface area (Å²) in [6, 6.07) is 6.95. The maximum Gasteiger partial charge on any atom is 0.272 e. The Morgan fingerprint density at radius 1 is 1.11 bits per heavy atom. The van der Waals surface area contributed by atoms with Gasteiger partial charge >= 0.3 is 0 Å². The molecule has 0 saturated heterocycles. The van der Waals surface area contributed by atoms with Crippen LogP contribution in [0.1, 0.15) is 46.6 Å². The molecule has 1 atom stereocenters. The highest BCUT2D eigenvalue weighted by molar-refractivity contribution is 5.95. The predicted molar refractivity (Wildman–Crippen MR) is 101 cm³/mol. The van der Waals surface area contributed by atoms with E-state index in [4.69, 9.17) is 0 Å². The number of hydrogen-bond donors (Lipinski definition) is 1. The van der Waals surface area contributed by atoms with Gasteiger partial charge in [0.2, 0.25) is 0 Å². The van der Waals surface area contributed by atoms with Gasteiger partial charge in [-0.05, 0) is 61.6 Å². The lowest BCUT2D eigenvalue weighted by molar-refractivity contribution is 0.0740. The van der Waals surface area contributed by atoms with Crippen molar-refractivity contribution < 1.29 is 13.6 Å². The van der Waals surface area contributed by atoms with Crippen molar-refractivity contribution in [2.45, 2.75) is 32.2 Å². The van der Waals surface area contributed by atoms with Gasteiger partial charge in [0.25, 0.3) is 11.5 Å². The first-order valence-electron chi connectivity index (χ1n) is 9.13. The fraction of sp³-hybridized carbons (Fsp3) is 0.286. The number of benzene rings is 2. The van der Waals surface area contributed by atoms with Crippen LogP contribution < -0.4 is 5.56 Å². The number of carbonyl (C=O) groups is 1. The molecular formula is C21H19F2N3O2. The van der Waals surface area contributed by atoms with Gasteiger partial charge in [-0.25, -0.2) is 13.9 Å². The number of amides is 1. The minimum atomic E-state index is -1.11. The SMILES string of the molecule is C[C@H](c1n[nH]c(=O)c2cc(F)c(F)cc12)N(C)C(=O)c1ccc2c(c1)CCC2. The zero-order chi connectivity index (χ0) is 20.0. The molecule has 0 fully saturated rings. The summed E-state index contributed by atoms with van der Waals surface area (Å²) in [6.07, 6.45) is 3.09. The maximum absolute atomic E-state index is 13.8. The summed E-state index contributed by atoms with van der Waals surface area (Å²) in [7, 11) is 1.62. The van der Waals surface area contributed by atoms with E-state index in [-0.39, 0.29) is 16.7 Å². The van der Waals surface area contributed by atoms with Crippen molar-refractivity contribution in [2.24, 2.45) is 0 Å². The maximum atomic E-state index is 13.8. The lowest BCUT2D eigenvalue weighted by atomic mass is 10.0. The molecule has 1 heterocycles. The second-order valence-electron chi connectivity index (χ2n) is 7.18. The largest absolute Gasteiger partial charge is 0.333 e. The number of aryl methyl sites for hydroxylation is 2. The monoisotopic (exact) mass is 383 g/mol. The molecule has 4 rings (SSSR count). The van der Waals surface area contributed by atoms with Crippen LogP contribution in [0.3, 0.4) is 0 Å². The number of H-pyrrole nitrogens is 1. The van der Waals surface area contributed by atoms with E-state index >= 15 is 0 Å². The number of nitrogens with zero attached hydrogens (tertiary/aromatic N) is 2. The lowest BCUT2D eigenvalue weighted by Gasteiger charge is -2.25. The fourth-order valence-electron chi connectivity index (χ4n) is 3.76. The topological polar surface area (TPSA) is 66.1 Å². The number of halogens is 2. The molecule has 0 saturated carbocycles. The van der Waals surface area contributed by atoms with E-state index in [2.05, 4.69) is 10.2 Å². The van der Waals surface area contributed by atoms with Gasteiger partial charge in [0.05, 0.1) is 17.1 Å². The standard InChI is InChI=1S/C21H19F2N3O2/c1-11(19-15-9-17(22)18(23)10-16(15)20(27)25-24-19)26(2)21(28)14-7-6-12-4-3-5-13(12)8-14/h6-11H,3-5H2,1-2H3,(H,25,27)/t11-/m1/s1. The Morgan fingerprint density at radius 2 is 1.79 bits per heavy atom. The molecular weight excluding hydrogens is 364 g/mol. The Hall–Kier alpha value is -3.09. The Kier molecular flexibility index (Phi) is 4.45. The van der Waals surface area contributed by atoms with Crippen molar-refractivity contribution in [1.82, 2.24) is 15.1 Å². The number of rotatable bonds is 3. The Balaban J connectivity index is 1.72. The molecule has 0 spiro atoms. The highest BCUT2D eigenvalue weighted by Gasteiger charge is 2.24. The Morgan fingerprint density at radius 3 is 2.54 bits per heavy atom. The minimum Gasteiger partial charge on any atom is -0.333 e. The average Bonchev–Trinajstić information content (AvgIpc) is 3.16. The molecule has 2 aromatic carbocycles. The van der Waals surface area contributed by atoms with E-state index in [1.54, 1.807) is 14.0 Å². The summed E-state index contributed by atoms with van der Waals surface area (Å²) in [5.74, 6) is -2.38. The van der Waals surface area contributed by atoms with E-state index in [9.17, 15) is 18.4 Å². The van der Waals surface area contributed by atoms with Gasteiger partial charge in [0.15, 0.2) is 11.6 Å². The third kappa shape index (κ3) is 2.96. The molecule has 5 nitrogen and oxygen atoms in total. The highest BCUT2D eigenvalue weighted by atomic mass is 19.2. The summed E-state index contributed by atoms with van der Waals surface area (Å²) in [5.41, 5.74) is 2.72. The lowest BCUT2D eigenvalue weighted by Crippen LogP contribution is -2.31. The number of nitrogens with one attached hydrogen (secondary N) is 1. The van der Waals surface area contributed by atoms with Gasteiger partial charge in [-0.2, -0.15) is 5.10 Å². The predicted octanol–water partition coefficient (Wildman–Crippen LogP) is 3.52. The summed E-state index contributed by atoms with van der Waals surface area (Å²) >= 11 is 0. The fourth-order valence-corrected chi connectivity index (χ4v) is 3.76. The molecule has 0 aliphatic heterocycles. The molecule has 7 heteroatoms. The second-order valence-corrected chi connectivity index (χ2v) is 7.18. The molecule has 144 valence electrons. The zero-order valence-electron chi connectivity index (χ0n) is 15.6. The summed E-state index contributed by atoms with van der Waals surface area (Å²) in [5, 5.41) is 6.50. The summed E-state index contributed by atoms with van der Waals surface area (Å²) in [6.45, 7) is 1.73. The van der Waals surface area contributed by atoms with Crippen LogP contribution in [0.25, 0.3) is 10.8 Å². The number of hydrogen-bond acceptors (Lipinski definition) is 3. The first kappa shape index (κ1) is 18.3. The van der Waals surface area contributed by atoms with Crippen molar-refractivity contribution >= 4 is 16.7 Å². The molecule has 0 unspecified atom stereocenters. The highest BCUT2D eigenvalue weighted by Crippen LogP contribution is 2.28. The van der Waals surface area contributed by atoms with E-state index < -0.39 is 23.2 Å². The summed E-state index contributed by atoms with van der Waals surface area (Å²) in [4.78, 5) is 26.4. The molecule has 28 heavy (non-hydrogen) atoms. The molecule has 0 radical (unpaired) electrons. The van der Waals surface area contributed by atoms with Gasteiger partial charge in [-0.15, -0.1) is 0 Å². The minimum absolute atomic E-state index is 0.00544. The van der Waals surface area contributed by atoms with Gasteiger partial charge in [-0.3, -0.25) is 9.59 Å². The number of fused-ring (bicyclic) bond motifs is 2. The third-order valence-corrected chi connectivity index (χ3v) is 5.50. The molecule has 0 bridgehead atoms. The van der Waals surface area contributed by atoms with Crippen molar-refractivity contribution in [2.75, 3.05) is 7.05 Å². The van der Waals surface area contributed by atoms with E-state index in [1.807, 2.05) is 18.2 Å². The van der Waals surface area contributed by atoms with E-state index in [0.717, 1.165) is 31.4 Å². The zero-order valence-corrected chi connectivity index (χ0v) is 15.6. The smallest absolute Gasteiger partial charge is 0.272 e. The van der Waals surface area contributed by atoms with Crippen LogP contribution in [0.4, 0.5) is 8.78 Å². The normalized spacial score (nSPS) is 14.1. The molecule has 3 aromatic rings. The first-order chi connectivity index (χ1) is 13.4. The van der Waals surface area contributed by atoms with Crippen LogP contribution in [0.2, 0.25) is 0 Å². The van der Waals surface area contributed by atoms with Gasteiger partial charge < -0.3 is 4.90 Å². The van der Waals surface area contributed by atoms with Crippen molar-refractivity contribution in [3.63, 3.8) is 0 Å². The van der Waals surface area contributed by atoms with Crippen molar-refractivity contribution in [3.8, 4) is 0 Å². The molecule has 1 amide bonds. The van der Waals surface area contributed by atoms with Crippen molar-refractivity contribution in [1.29, 1.82) is 0 Å². The van der Waals surface area contributed by atoms with Crippen LogP contribution in [0, 0.1) is 11.6 Å². The number of aromatic nitrogens is 2. The van der Waals surface area contributed by atoms with Crippen LogP contribution in [0.15, 0.2) is 35.1 Å². The molecule has 1 N–H and O–H groups in total. The molecule has 1 aromatic heterocycles. The first-order valence-corrected chi connectivity index (χ1v) is 9.13. The van der Waals surface area contributed by atoms with Crippen LogP contribution in [-0.4, -0.2) is 28.1 Å². The Labute approximate surface area is 160 Å². The summed E-state index contributed by atoms with van der Waals surface area (Å²) < 4.78 is 27.3. The van der Waals surface area contributed by atoms with E-state index in [1.165, 1.54) is 16.0 Å².